The fourth-order valence-corrected chi connectivity index (χ4v) is 3.79. The maximum absolute atomic E-state index is 12.8. The van der Waals surface area contributed by atoms with E-state index in [0.717, 1.165) is 36.1 Å². The normalized spacial score (nSPS) is 18.2. The Bertz CT molecular complexity index is 783. The Morgan fingerprint density at radius 1 is 1.24 bits per heavy atom. The number of benzene rings is 2. The van der Waals surface area contributed by atoms with Crippen LogP contribution in [0.4, 0.5) is 0 Å². The zero-order valence-electron chi connectivity index (χ0n) is 14.9. The van der Waals surface area contributed by atoms with Gasteiger partial charge < -0.3 is 10.1 Å². The van der Waals surface area contributed by atoms with E-state index in [4.69, 9.17) is 16.3 Å². The van der Waals surface area contributed by atoms with Gasteiger partial charge >= 0.3 is 0 Å². The largest absolute Gasteiger partial charge is 0.487 e. The predicted octanol–water partition coefficient (Wildman–Crippen LogP) is 5.46. The molecule has 1 N–H and O–H groups in total. The maximum Gasteiger partial charge on any atom is 0.253 e. The molecule has 3 nitrogen and oxygen atoms in total. The molecular weight excluding hydrogens is 334 g/mol. The molecule has 0 bridgehead atoms. The molecule has 1 unspecified atom stereocenters. The number of ether oxygens (including phenoxy) is 1. The van der Waals surface area contributed by atoms with E-state index in [1.165, 1.54) is 0 Å². The van der Waals surface area contributed by atoms with Crippen molar-refractivity contribution in [3.05, 3.63) is 64.2 Å². The first-order valence-corrected chi connectivity index (χ1v) is 9.21. The lowest BCUT2D eigenvalue weighted by atomic mass is 9.83. The molecule has 132 valence electrons. The highest BCUT2D eigenvalue weighted by atomic mass is 35.5. The fourth-order valence-electron chi connectivity index (χ4n) is 3.47. The van der Waals surface area contributed by atoms with Gasteiger partial charge in [-0.2, -0.15) is 0 Å². The van der Waals surface area contributed by atoms with Gasteiger partial charge in [-0.15, -0.1) is 0 Å². The lowest BCUT2D eigenvalue weighted by molar-refractivity contribution is 0.0227. The molecule has 3 rings (SSSR count). The Hall–Kier alpha value is -2.00. The smallest absolute Gasteiger partial charge is 0.253 e. The van der Waals surface area contributed by atoms with Crippen molar-refractivity contribution in [2.45, 2.75) is 51.7 Å². The van der Waals surface area contributed by atoms with Crippen molar-refractivity contribution in [1.82, 2.24) is 5.32 Å². The number of carbonyl (C=O) groups excluding carboxylic acids is 1. The Balaban J connectivity index is 1.91. The molecule has 1 atom stereocenters. The van der Waals surface area contributed by atoms with E-state index in [0.29, 0.717) is 10.6 Å². The molecule has 1 aliphatic heterocycles. The van der Waals surface area contributed by atoms with Gasteiger partial charge in [0, 0.05) is 12.0 Å². The third-order valence-electron chi connectivity index (χ3n) is 5.16. The number of aryl methyl sites for hydroxylation is 1. The minimum absolute atomic E-state index is 0.0882. The molecular formula is C21H24ClNO2. The molecule has 1 heterocycles. The highest BCUT2D eigenvalue weighted by Crippen LogP contribution is 2.42. The number of rotatable bonds is 4. The van der Waals surface area contributed by atoms with E-state index < -0.39 is 0 Å². The second-order valence-electron chi connectivity index (χ2n) is 6.74. The summed E-state index contributed by atoms with van der Waals surface area (Å²) in [7, 11) is 0. The number of halogens is 1. The van der Waals surface area contributed by atoms with Gasteiger partial charge in [-0.1, -0.05) is 49.7 Å². The van der Waals surface area contributed by atoms with Crippen LogP contribution in [0, 0.1) is 6.92 Å². The number of nitrogens with one attached hydrogen (secondary N) is 1. The summed E-state index contributed by atoms with van der Waals surface area (Å²) in [6.07, 6.45) is 2.55. The molecule has 0 fully saturated rings. The van der Waals surface area contributed by atoms with E-state index in [2.05, 4.69) is 19.2 Å². The first-order valence-electron chi connectivity index (χ1n) is 8.83. The summed E-state index contributed by atoms with van der Waals surface area (Å²) in [4.78, 5) is 12.8. The lowest BCUT2D eigenvalue weighted by Crippen LogP contribution is -2.44. The zero-order valence-corrected chi connectivity index (χ0v) is 15.7. The molecule has 25 heavy (non-hydrogen) atoms. The van der Waals surface area contributed by atoms with Crippen molar-refractivity contribution in [2.24, 2.45) is 0 Å². The summed E-state index contributed by atoms with van der Waals surface area (Å²) in [6, 6.07) is 13.4. The quantitative estimate of drug-likeness (QED) is 0.788. The fraction of sp³-hybridized carbons (Fsp3) is 0.381. The average molecular weight is 358 g/mol. The Morgan fingerprint density at radius 2 is 1.96 bits per heavy atom. The zero-order chi connectivity index (χ0) is 18.0. The summed E-state index contributed by atoms with van der Waals surface area (Å²) in [5, 5.41) is 3.65. The molecule has 0 saturated heterocycles. The van der Waals surface area contributed by atoms with Gasteiger partial charge in [0.05, 0.1) is 16.6 Å². The van der Waals surface area contributed by atoms with Crippen molar-refractivity contribution < 1.29 is 9.53 Å². The molecule has 0 spiro atoms. The van der Waals surface area contributed by atoms with Crippen LogP contribution >= 0.6 is 11.6 Å². The van der Waals surface area contributed by atoms with Gasteiger partial charge in [-0.05, 0) is 43.5 Å². The summed E-state index contributed by atoms with van der Waals surface area (Å²) in [5.41, 5.74) is 2.32. The second kappa shape index (κ2) is 7.09. The molecule has 0 aromatic heterocycles. The molecule has 0 saturated carbocycles. The minimum Gasteiger partial charge on any atom is -0.487 e. The van der Waals surface area contributed by atoms with Crippen LogP contribution in [-0.2, 0) is 0 Å². The SMILES string of the molecule is CCC1(CC)CC(NC(=O)c2ccc(C)cc2Cl)c2ccccc2O1. The lowest BCUT2D eigenvalue weighted by Gasteiger charge is -2.41. The van der Waals surface area contributed by atoms with Gasteiger partial charge in [-0.3, -0.25) is 4.79 Å². The second-order valence-corrected chi connectivity index (χ2v) is 7.15. The van der Waals surface area contributed by atoms with E-state index in [-0.39, 0.29) is 17.6 Å². The van der Waals surface area contributed by atoms with Gasteiger partial charge in [0.1, 0.15) is 11.4 Å². The van der Waals surface area contributed by atoms with E-state index >= 15 is 0 Å². The molecule has 2 aromatic carbocycles. The van der Waals surface area contributed by atoms with Gasteiger partial charge in [-0.25, -0.2) is 0 Å². The number of hydrogen-bond donors (Lipinski definition) is 1. The van der Waals surface area contributed by atoms with Gasteiger partial charge in [0.15, 0.2) is 0 Å². The number of para-hydroxylation sites is 1. The van der Waals surface area contributed by atoms with Crippen LogP contribution in [0.1, 0.15) is 60.6 Å². The van der Waals surface area contributed by atoms with Crippen LogP contribution in [0.15, 0.2) is 42.5 Å². The van der Waals surface area contributed by atoms with Gasteiger partial charge in [0.25, 0.3) is 5.91 Å². The monoisotopic (exact) mass is 357 g/mol. The molecule has 2 aromatic rings. The third kappa shape index (κ3) is 3.52. The maximum atomic E-state index is 12.8. The average Bonchev–Trinajstić information content (AvgIpc) is 2.61. The summed E-state index contributed by atoms with van der Waals surface area (Å²) in [5.74, 6) is 0.713. The first-order chi connectivity index (χ1) is 12.0. The van der Waals surface area contributed by atoms with Crippen LogP contribution < -0.4 is 10.1 Å². The summed E-state index contributed by atoms with van der Waals surface area (Å²) in [6.45, 7) is 6.22. The van der Waals surface area contributed by atoms with Crippen LogP contribution in [0.25, 0.3) is 0 Å². The van der Waals surface area contributed by atoms with Crippen LogP contribution in [0.2, 0.25) is 5.02 Å². The van der Waals surface area contributed by atoms with Crippen molar-refractivity contribution in [1.29, 1.82) is 0 Å². The number of amides is 1. The number of hydrogen-bond acceptors (Lipinski definition) is 2. The van der Waals surface area contributed by atoms with Crippen LogP contribution in [0.5, 0.6) is 5.75 Å². The van der Waals surface area contributed by atoms with Crippen LogP contribution in [0.3, 0.4) is 0 Å². The highest BCUT2D eigenvalue weighted by molar-refractivity contribution is 6.33. The van der Waals surface area contributed by atoms with Gasteiger partial charge in [0.2, 0.25) is 0 Å². The molecule has 0 radical (unpaired) electrons. The predicted molar refractivity (Wildman–Crippen MR) is 101 cm³/mol. The van der Waals surface area contributed by atoms with E-state index in [1.807, 2.05) is 43.3 Å². The molecule has 1 amide bonds. The summed E-state index contributed by atoms with van der Waals surface area (Å²) >= 11 is 6.27. The standard InChI is InChI=1S/C21H24ClNO2/c1-4-21(5-2)13-18(16-8-6-7-9-19(16)25-21)23-20(24)15-11-10-14(3)12-17(15)22/h6-12,18H,4-5,13H2,1-3H3,(H,23,24). The first kappa shape index (κ1) is 17.8. The Labute approximate surface area is 154 Å². The van der Waals surface area contributed by atoms with E-state index in [9.17, 15) is 4.79 Å². The third-order valence-corrected chi connectivity index (χ3v) is 5.47. The van der Waals surface area contributed by atoms with E-state index in [1.54, 1.807) is 6.07 Å². The Kier molecular flexibility index (Phi) is 5.05. The summed E-state index contributed by atoms with van der Waals surface area (Å²) < 4.78 is 6.30. The minimum atomic E-state index is -0.247. The van der Waals surface area contributed by atoms with Crippen molar-refractivity contribution in [2.75, 3.05) is 0 Å². The van der Waals surface area contributed by atoms with Crippen molar-refractivity contribution in [3.8, 4) is 5.75 Å². The molecule has 0 aliphatic carbocycles. The number of fused-ring (bicyclic) bond motifs is 1. The van der Waals surface area contributed by atoms with Crippen molar-refractivity contribution in [3.63, 3.8) is 0 Å². The van der Waals surface area contributed by atoms with Crippen LogP contribution in [-0.4, -0.2) is 11.5 Å². The van der Waals surface area contributed by atoms with Crippen molar-refractivity contribution >= 4 is 17.5 Å². The number of carbonyl (C=O) groups is 1. The Morgan fingerprint density at radius 3 is 2.64 bits per heavy atom. The molecule has 4 heteroatoms. The molecule has 1 aliphatic rings. The topological polar surface area (TPSA) is 38.3 Å². The highest BCUT2D eigenvalue weighted by Gasteiger charge is 2.39.